The van der Waals surface area contributed by atoms with Crippen molar-refractivity contribution in [1.29, 1.82) is 0 Å². The molecule has 0 spiro atoms. The molecule has 0 amide bonds. The Hall–Kier alpha value is -1.35. The number of quaternary nitrogens is 1. The highest BCUT2D eigenvalue weighted by Crippen LogP contribution is 2.21. The van der Waals surface area contributed by atoms with Crippen LogP contribution in [0.5, 0.6) is 0 Å². The minimum Gasteiger partial charge on any atom is -1.00 e. The molecule has 3 heteroatoms. The fourth-order valence-electron chi connectivity index (χ4n) is 4.13. The average Bonchev–Trinajstić information content (AvgIpc) is 2.73. The maximum Gasteiger partial charge on any atom is 0.0978 e. The maximum absolute atomic E-state index is 3.66. The molecule has 1 saturated heterocycles. The lowest BCUT2D eigenvalue weighted by Crippen LogP contribution is -3.00. The van der Waals surface area contributed by atoms with Crippen molar-refractivity contribution in [2.24, 2.45) is 0 Å². The highest BCUT2D eigenvalue weighted by Gasteiger charge is 2.27. The molecule has 1 fully saturated rings. The molecule has 0 N–H and O–H groups in total. The van der Waals surface area contributed by atoms with E-state index in [0.29, 0.717) is 0 Å². The zero-order valence-corrected chi connectivity index (χ0v) is 19.8. The second-order valence-electron chi connectivity index (χ2n) is 8.19. The first kappa shape index (κ1) is 23.9. The van der Waals surface area contributed by atoms with Crippen molar-refractivity contribution in [2.75, 3.05) is 26.2 Å². The van der Waals surface area contributed by atoms with Crippen molar-refractivity contribution in [1.82, 2.24) is 0 Å². The molecule has 1 aliphatic heterocycles. The smallest absolute Gasteiger partial charge is 0.0978 e. The van der Waals surface area contributed by atoms with Crippen LogP contribution in [0.1, 0.15) is 37.3 Å². The molecule has 0 radical (unpaired) electrons. The Morgan fingerprint density at radius 2 is 1.59 bits per heavy atom. The van der Waals surface area contributed by atoms with Crippen LogP contribution in [0, 0.1) is 0 Å². The van der Waals surface area contributed by atoms with E-state index in [2.05, 4.69) is 95.7 Å². The van der Waals surface area contributed by atoms with Crippen molar-refractivity contribution < 1.29 is 16.9 Å². The van der Waals surface area contributed by atoms with E-state index >= 15 is 0 Å². The number of benzene rings is 2. The van der Waals surface area contributed by atoms with E-state index < -0.39 is 0 Å². The molecule has 2 aromatic carbocycles. The standard InChI is InChI=1S/C26H33BrN.ClH/c1-23(22-24-12-4-2-5-13-24)17-21-28(18-9-3-10-19-28)20-11-8-15-25-14-6-7-16-26(25)27;/h2,4-8,11-14,16-17H,3,9-10,15,18-22H2,1H3;1H/q+1;/p-1/b11-8+,23-17+;. The van der Waals surface area contributed by atoms with Gasteiger partial charge in [0.25, 0.3) is 0 Å². The zero-order valence-electron chi connectivity index (χ0n) is 17.5. The molecule has 1 nitrogen and oxygen atoms in total. The molecule has 0 aromatic heterocycles. The number of rotatable bonds is 8. The van der Waals surface area contributed by atoms with E-state index in [1.54, 1.807) is 0 Å². The van der Waals surface area contributed by atoms with Gasteiger partial charge in [0, 0.05) is 4.47 Å². The quantitative estimate of drug-likeness (QED) is 0.404. The molecular formula is C26H33BrClN. The van der Waals surface area contributed by atoms with Crippen LogP contribution in [0.2, 0.25) is 0 Å². The van der Waals surface area contributed by atoms with Gasteiger partial charge in [-0.2, -0.15) is 0 Å². The first-order valence-electron chi connectivity index (χ1n) is 10.6. The number of hydrogen-bond donors (Lipinski definition) is 0. The first-order chi connectivity index (χ1) is 13.7. The summed E-state index contributed by atoms with van der Waals surface area (Å²) in [7, 11) is 0. The fraction of sp³-hybridized carbons (Fsp3) is 0.385. The van der Waals surface area contributed by atoms with E-state index in [4.69, 9.17) is 0 Å². The Balaban J connectivity index is 0.00000300. The molecule has 1 heterocycles. The van der Waals surface area contributed by atoms with Gasteiger partial charge in [-0.15, -0.1) is 0 Å². The average molecular weight is 475 g/mol. The lowest BCUT2D eigenvalue weighted by atomic mass is 10.0. The second kappa shape index (κ2) is 12.4. The van der Waals surface area contributed by atoms with Crippen LogP contribution in [0.3, 0.4) is 0 Å². The number of halogens is 2. The van der Waals surface area contributed by atoms with Gasteiger partial charge in [0.2, 0.25) is 0 Å². The summed E-state index contributed by atoms with van der Waals surface area (Å²) >= 11 is 3.66. The van der Waals surface area contributed by atoms with E-state index in [9.17, 15) is 0 Å². The maximum atomic E-state index is 3.66. The molecule has 0 saturated carbocycles. The predicted molar refractivity (Wildman–Crippen MR) is 124 cm³/mol. The third-order valence-corrected chi connectivity index (χ3v) is 6.65. The number of likely N-dealkylation sites (tertiary alicyclic amines) is 1. The monoisotopic (exact) mass is 473 g/mol. The summed E-state index contributed by atoms with van der Waals surface area (Å²) in [4.78, 5) is 0. The van der Waals surface area contributed by atoms with Gasteiger partial charge in [-0.3, -0.25) is 0 Å². The van der Waals surface area contributed by atoms with Crippen LogP contribution in [-0.2, 0) is 12.8 Å². The molecule has 29 heavy (non-hydrogen) atoms. The molecule has 0 aliphatic carbocycles. The van der Waals surface area contributed by atoms with E-state index in [0.717, 1.165) is 25.9 Å². The highest BCUT2D eigenvalue weighted by molar-refractivity contribution is 9.10. The van der Waals surface area contributed by atoms with Crippen LogP contribution in [-0.4, -0.2) is 30.7 Å². The second-order valence-corrected chi connectivity index (χ2v) is 9.05. The van der Waals surface area contributed by atoms with Crippen LogP contribution in [0.4, 0.5) is 0 Å². The van der Waals surface area contributed by atoms with Crippen LogP contribution < -0.4 is 12.4 Å². The molecule has 2 aromatic rings. The number of allylic oxidation sites excluding steroid dienone is 2. The summed E-state index contributed by atoms with van der Waals surface area (Å²) in [6.07, 6.45) is 13.5. The summed E-state index contributed by atoms with van der Waals surface area (Å²) in [5, 5.41) is 0. The third kappa shape index (κ3) is 7.77. The van der Waals surface area contributed by atoms with Gasteiger partial charge in [0.15, 0.2) is 0 Å². The van der Waals surface area contributed by atoms with Crippen molar-refractivity contribution in [3.05, 3.63) is 94.0 Å². The van der Waals surface area contributed by atoms with Crippen LogP contribution in [0.15, 0.2) is 82.9 Å². The summed E-state index contributed by atoms with van der Waals surface area (Å²) in [6, 6.07) is 19.4. The van der Waals surface area contributed by atoms with Gasteiger partial charge < -0.3 is 16.9 Å². The minimum absolute atomic E-state index is 0. The summed E-state index contributed by atoms with van der Waals surface area (Å²) in [5.74, 6) is 0. The SMILES string of the molecule is C/C(=C\C[N+]1(C/C=C/Cc2ccccc2Br)CCCCC1)Cc1ccccc1.[Cl-]. The highest BCUT2D eigenvalue weighted by atomic mass is 79.9. The molecule has 0 unspecified atom stereocenters. The topological polar surface area (TPSA) is 0 Å². The number of hydrogen-bond acceptors (Lipinski definition) is 0. The Kier molecular flexibility index (Phi) is 10.2. The van der Waals surface area contributed by atoms with Crippen LogP contribution >= 0.6 is 15.9 Å². The Morgan fingerprint density at radius 1 is 0.897 bits per heavy atom. The molecule has 0 atom stereocenters. The fourth-order valence-corrected chi connectivity index (χ4v) is 4.58. The van der Waals surface area contributed by atoms with Gasteiger partial charge in [-0.1, -0.05) is 76.1 Å². The number of nitrogens with zero attached hydrogens (tertiary/aromatic N) is 1. The van der Waals surface area contributed by atoms with Crippen LogP contribution in [0.25, 0.3) is 0 Å². The van der Waals surface area contributed by atoms with Crippen molar-refractivity contribution in [3.8, 4) is 0 Å². The molecule has 1 aliphatic rings. The van der Waals surface area contributed by atoms with Gasteiger partial charge >= 0.3 is 0 Å². The molecule has 156 valence electrons. The lowest BCUT2D eigenvalue weighted by Gasteiger charge is -2.40. The van der Waals surface area contributed by atoms with Crippen molar-refractivity contribution in [3.63, 3.8) is 0 Å². The molecule has 3 rings (SSSR count). The van der Waals surface area contributed by atoms with E-state index in [-0.39, 0.29) is 12.4 Å². The van der Waals surface area contributed by atoms with Crippen molar-refractivity contribution in [2.45, 2.75) is 39.0 Å². The first-order valence-corrected chi connectivity index (χ1v) is 11.4. The molecule has 0 bridgehead atoms. The van der Waals surface area contributed by atoms with Gasteiger partial charge in [0.05, 0.1) is 26.2 Å². The predicted octanol–water partition coefficient (Wildman–Crippen LogP) is 3.74. The minimum atomic E-state index is 0. The number of piperidine rings is 1. The Bertz CT molecular complexity index is 791. The Labute approximate surface area is 191 Å². The summed E-state index contributed by atoms with van der Waals surface area (Å²) in [6.45, 7) is 7.23. The van der Waals surface area contributed by atoms with E-state index in [1.807, 2.05) is 0 Å². The lowest BCUT2D eigenvalue weighted by molar-refractivity contribution is -0.921. The molecular weight excluding hydrogens is 442 g/mol. The Morgan fingerprint density at radius 3 is 2.31 bits per heavy atom. The van der Waals surface area contributed by atoms with Gasteiger partial charge in [-0.25, -0.2) is 0 Å². The summed E-state index contributed by atoms with van der Waals surface area (Å²) < 4.78 is 2.43. The zero-order chi connectivity index (χ0) is 19.7. The third-order valence-electron chi connectivity index (χ3n) is 5.87. The van der Waals surface area contributed by atoms with E-state index in [1.165, 1.54) is 58.0 Å². The normalized spacial score (nSPS) is 16.6. The summed E-state index contributed by atoms with van der Waals surface area (Å²) in [5.41, 5.74) is 4.27. The van der Waals surface area contributed by atoms with Gasteiger partial charge in [0.1, 0.15) is 0 Å². The largest absolute Gasteiger partial charge is 1.00 e. The van der Waals surface area contributed by atoms with Gasteiger partial charge in [-0.05, 0) is 68.4 Å². The van der Waals surface area contributed by atoms with Crippen molar-refractivity contribution >= 4 is 15.9 Å².